The van der Waals surface area contributed by atoms with E-state index in [1.54, 1.807) is 31.4 Å². The Balaban J connectivity index is 1.85. The molecule has 0 aliphatic rings. The molecule has 0 aromatic heterocycles. The highest BCUT2D eigenvalue weighted by Crippen LogP contribution is 2.17. The van der Waals surface area contributed by atoms with Crippen molar-refractivity contribution in [2.45, 2.75) is 4.90 Å². The highest BCUT2D eigenvalue weighted by Gasteiger charge is 2.13. The number of hydrogen-bond donors (Lipinski definition) is 2. The van der Waals surface area contributed by atoms with Crippen molar-refractivity contribution in [3.8, 4) is 11.5 Å². The van der Waals surface area contributed by atoms with Gasteiger partial charge < -0.3 is 19.5 Å². The largest absolute Gasteiger partial charge is 0.497 e. The number of rotatable bonds is 10. The molecule has 0 fully saturated rings. The first-order valence-corrected chi connectivity index (χ1v) is 9.58. The van der Waals surface area contributed by atoms with Crippen LogP contribution < -0.4 is 19.5 Å². The second-order valence-electron chi connectivity index (χ2n) is 5.43. The lowest BCUT2D eigenvalue weighted by molar-refractivity contribution is -0.118. The highest BCUT2D eigenvalue weighted by atomic mass is 32.2. The molecule has 1 amide bonds. The average Bonchev–Trinajstić information content (AvgIpc) is 2.67. The van der Waals surface area contributed by atoms with Gasteiger partial charge in [-0.25, -0.2) is 13.1 Å². The van der Waals surface area contributed by atoms with Crippen molar-refractivity contribution in [3.63, 3.8) is 0 Å². The Morgan fingerprint density at radius 2 is 1.59 bits per heavy atom. The zero-order chi connectivity index (χ0) is 19.7. The molecule has 2 aromatic rings. The fourth-order valence-corrected chi connectivity index (χ4v) is 3.11. The summed E-state index contributed by atoms with van der Waals surface area (Å²) in [6.07, 6.45) is 0. The molecule has 146 valence electrons. The Morgan fingerprint density at radius 3 is 2.19 bits per heavy atom. The third-order valence-corrected chi connectivity index (χ3v) is 4.95. The molecular formula is C18H22N2O6S. The number of carbonyl (C=O) groups excluding carboxylic acids is 1. The zero-order valence-electron chi connectivity index (χ0n) is 15.1. The van der Waals surface area contributed by atoms with Gasteiger partial charge in [-0.15, -0.1) is 0 Å². The van der Waals surface area contributed by atoms with Gasteiger partial charge in [0.1, 0.15) is 11.5 Å². The third-order valence-electron chi connectivity index (χ3n) is 3.48. The number of sulfonamides is 1. The van der Waals surface area contributed by atoms with Crippen molar-refractivity contribution in [1.82, 2.24) is 4.72 Å². The molecule has 0 saturated heterocycles. The Labute approximate surface area is 158 Å². The van der Waals surface area contributed by atoms with E-state index in [1.807, 2.05) is 0 Å². The van der Waals surface area contributed by atoms with Gasteiger partial charge >= 0.3 is 0 Å². The van der Waals surface area contributed by atoms with Crippen LogP contribution in [0.25, 0.3) is 0 Å². The van der Waals surface area contributed by atoms with Crippen LogP contribution in [0.3, 0.4) is 0 Å². The van der Waals surface area contributed by atoms with E-state index in [0.29, 0.717) is 17.2 Å². The summed E-state index contributed by atoms with van der Waals surface area (Å²) in [4.78, 5) is 12.0. The highest BCUT2D eigenvalue weighted by molar-refractivity contribution is 7.89. The van der Waals surface area contributed by atoms with Gasteiger partial charge in [-0.3, -0.25) is 4.79 Å². The van der Waals surface area contributed by atoms with Crippen molar-refractivity contribution in [1.29, 1.82) is 0 Å². The lowest BCUT2D eigenvalue weighted by Crippen LogP contribution is -2.27. The van der Waals surface area contributed by atoms with Crippen LogP contribution in [0.2, 0.25) is 0 Å². The number of carbonyl (C=O) groups is 1. The standard InChI is InChI=1S/C18H22N2O6S/c1-24-12-11-19-27(22,23)17-9-7-16(8-10-17)26-13-18(21)20-14-3-5-15(25-2)6-4-14/h3-10,19H,11-13H2,1-2H3,(H,20,21). The summed E-state index contributed by atoms with van der Waals surface area (Å²) in [6.45, 7) is 0.260. The fourth-order valence-electron chi connectivity index (χ4n) is 2.10. The van der Waals surface area contributed by atoms with Gasteiger partial charge in [0.2, 0.25) is 10.0 Å². The number of methoxy groups -OCH3 is 2. The Kier molecular flexibility index (Phi) is 7.59. The Hall–Kier alpha value is -2.62. The molecule has 0 radical (unpaired) electrons. The van der Waals surface area contributed by atoms with Crippen LogP contribution in [0.4, 0.5) is 5.69 Å². The molecule has 2 aromatic carbocycles. The normalized spacial score (nSPS) is 11.0. The molecule has 0 atom stereocenters. The average molecular weight is 394 g/mol. The predicted octanol–water partition coefficient (Wildman–Crippen LogP) is 1.64. The molecule has 0 aliphatic heterocycles. The molecule has 0 aliphatic carbocycles. The summed E-state index contributed by atoms with van der Waals surface area (Å²) in [5.41, 5.74) is 0.618. The van der Waals surface area contributed by atoms with Crippen LogP contribution in [-0.2, 0) is 19.6 Å². The fraction of sp³-hybridized carbons (Fsp3) is 0.278. The second kappa shape index (κ2) is 9.91. The van der Waals surface area contributed by atoms with E-state index >= 15 is 0 Å². The first-order valence-electron chi connectivity index (χ1n) is 8.10. The van der Waals surface area contributed by atoms with E-state index in [2.05, 4.69) is 10.0 Å². The van der Waals surface area contributed by atoms with E-state index in [0.717, 1.165) is 0 Å². The molecule has 9 heteroatoms. The third kappa shape index (κ3) is 6.55. The quantitative estimate of drug-likeness (QED) is 0.594. The van der Waals surface area contributed by atoms with E-state index in [9.17, 15) is 13.2 Å². The summed E-state index contributed by atoms with van der Waals surface area (Å²) in [7, 11) is -0.548. The van der Waals surface area contributed by atoms with Gasteiger partial charge in [-0.1, -0.05) is 0 Å². The van der Waals surface area contributed by atoms with Gasteiger partial charge in [-0.05, 0) is 48.5 Å². The molecule has 0 heterocycles. The molecule has 0 spiro atoms. The van der Waals surface area contributed by atoms with E-state index < -0.39 is 10.0 Å². The zero-order valence-corrected chi connectivity index (χ0v) is 15.9. The van der Waals surface area contributed by atoms with Crippen molar-refractivity contribution in [3.05, 3.63) is 48.5 Å². The van der Waals surface area contributed by atoms with Crippen LogP contribution in [0, 0.1) is 0 Å². The summed E-state index contributed by atoms with van der Waals surface area (Å²) < 4.78 is 41.8. The SMILES string of the molecule is COCCNS(=O)(=O)c1ccc(OCC(=O)Nc2ccc(OC)cc2)cc1. The van der Waals surface area contributed by atoms with Gasteiger partial charge in [0.05, 0.1) is 18.6 Å². The van der Waals surface area contributed by atoms with Crippen LogP contribution in [0.15, 0.2) is 53.4 Å². The van der Waals surface area contributed by atoms with Gasteiger partial charge in [0, 0.05) is 19.3 Å². The number of hydrogen-bond acceptors (Lipinski definition) is 6. The predicted molar refractivity (Wildman–Crippen MR) is 101 cm³/mol. The van der Waals surface area contributed by atoms with Crippen LogP contribution in [0.1, 0.15) is 0 Å². The maximum atomic E-state index is 12.1. The maximum absolute atomic E-state index is 12.1. The maximum Gasteiger partial charge on any atom is 0.262 e. The number of anilines is 1. The van der Waals surface area contributed by atoms with Crippen molar-refractivity contribution in [2.75, 3.05) is 39.3 Å². The number of amides is 1. The first-order chi connectivity index (χ1) is 12.9. The van der Waals surface area contributed by atoms with Crippen molar-refractivity contribution in [2.24, 2.45) is 0 Å². The molecule has 2 N–H and O–H groups in total. The first kappa shape index (κ1) is 20.7. The van der Waals surface area contributed by atoms with E-state index in [-0.39, 0.29) is 30.6 Å². The second-order valence-corrected chi connectivity index (χ2v) is 7.19. The molecule has 0 unspecified atom stereocenters. The Morgan fingerprint density at radius 1 is 0.963 bits per heavy atom. The topological polar surface area (TPSA) is 103 Å². The number of ether oxygens (including phenoxy) is 3. The summed E-state index contributed by atoms with van der Waals surface area (Å²) in [6, 6.07) is 12.7. The molecule has 8 nitrogen and oxygen atoms in total. The van der Waals surface area contributed by atoms with Crippen LogP contribution in [0.5, 0.6) is 11.5 Å². The van der Waals surface area contributed by atoms with Crippen molar-refractivity contribution < 1.29 is 27.4 Å². The number of benzene rings is 2. The van der Waals surface area contributed by atoms with Gasteiger partial charge in [-0.2, -0.15) is 0 Å². The monoisotopic (exact) mass is 394 g/mol. The van der Waals surface area contributed by atoms with E-state index in [1.165, 1.54) is 31.4 Å². The molecule has 0 saturated carbocycles. The Bertz CT molecular complexity index is 835. The van der Waals surface area contributed by atoms with Crippen LogP contribution in [-0.4, -0.2) is 48.3 Å². The smallest absolute Gasteiger partial charge is 0.262 e. The van der Waals surface area contributed by atoms with Gasteiger partial charge in [0.15, 0.2) is 6.61 Å². The molecular weight excluding hydrogens is 372 g/mol. The minimum absolute atomic E-state index is 0.105. The van der Waals surface area contributed by atoms with Gasteiger partial charge in [0.25, 0.3) is 5.91 Å². The number of nitrogens with one attached hydrogen (secondary N) is 2. The minimum Gasteiger partial charge on any atom is -0.497 e. The van der Waals surface area contributed by atoms with E-state index in [4.69, 9.17) is 14.2 Å². The van der Waals surface area contributed by atoms with Crippen LogP contribution >= 0.6 is 0 Å². The molecule has 0 bridgehead atoms. The molecule has 27 heavy (non-hydrogen) atoms. The lowest BCUT2D eigenvalue weighted by atomic mass is 10.3. The summed E-state index contributed by atoms with van der Waals surface area (Å²) >= 11 is 0. The summed E-state index contributed by atoms with van der Waals surface area (Å²) in [5, 5.41) is 2.69. The lowest BCUT2D eigenvalue weighted by Gasteiger charge is -2.09. The minimum atomic E-state index is -3.60. The molecule has 2 rings (SSSR count). The van der Waals surface area contributed by atoms with Crippen molar-refractivity contribution >= 4 is 21.6 Å². The summed E-state index contributed by atoms with van der Waals surface area (Å²) in [5.74, 6) is 0.741.